The van der Waals surface area contributed by atoms with E-state index in [4.69, 9.17) is 5.11 Å². The Hall–Kier alpha value is -2.09. The van der Waals surface area contributed by atoms with Gasteiger partial charge in [0, 0.05) is 6.07 Å². The van der Waals surface area contributed by atoms with Crippen molar-refractivity contribution in [3.8, 4) is 0 Å². The molecule has 1 heterocycles. The molecule has 5 nitrogen and oxygen atoms in total. The molecule has 0 amide bonds. The molecule has 1 atom stereocenters. The third-order valence-electron chi connectivity index (χ3n) is 2.19. The summed E-state index contributed by atoms with van der Waals surface area (Å²) in [6.45, 7) is 0. The van der Waals surface area contributed by atoms with Crippen LogP contribution in [0.3, 0.4) is 0 Å². The minimum absolute atomic E-state index is 0.0133. The second-order valence-electron chi connectivity index (χ2n) is 3.55. The lowest BCUT2D eigenvalue weighted by Gasteiger charge is -2.01. The van der Waals surface area contributed by atoms with Crippen molar-refractivity contribution in [2.45, 2.75) is 10.6 Å². The number of carboxylic acids is 1. The van der Waals surface area contributed by atoms with Crippen LogP contribution in [0.5, 0.6) is 0 Å². The molecule has 100 valence electrons. The summed E-state index contributed by atoms with van der Waals surface area (Å²) in [6.07, 6.45) is 0. The molecule has 1 N–H and O–H groups in total. The van der Waals surface area contributed by atoms with E-state index in [1.807, 2.05) is 0 Å². The Kier molecular flexibility index (Phi) is 3.70. The van der Waals surface area contributed by atoms with Crippen LogP contribution in [0, 0.1) is 11.6 Å². The van der Waals surface area contributed by atoms with Crippen LogP contribution in [-0.2, 0) is 16.6 Å². The van der Waals surface area contributed by atoms with E-state index in [0.29, 0.717) is 0 Å². The van der Waals surface area contributed by atoms with Crippen molar-refractivity contribution in [2.24, 2.45) is 0 Å². The van der Waals surface area contributed by atoms with E-state index in [2.05, 4.69) is 9.68 Å². The van der Waals surface area contributed by atoms with Gasteiger partial charge in [0.2, 0.25) is 0 Å². The number of halogens is 2. The van der Waals surface area contributed by atoms with Crippen LogP contribution in [0.1, 0.15) is 16.2 Å². The number of benzene rings is 1. The number of nitrogens with zero attached hydrogens (tertiary/aromatic N) is 1. The molecular weight excluding hydrogens is 280 g/mol. The van der Waals surface area contributed by atoms with Crippen LogP contribution in [0.2, 0.25) is 0 Å². The van der Waals surface area contributed by atoms with E-state index in [9.17, 15) is 17.8 Å². The first-order valence-electron chi connectivity index (χ1n) is 4.99. The zero-order chi connectivity index (χ0) is 14.0. The molecular formula is C11H7F2NO4S. The highest BCUT2D eigenvalue weighted by Gasteiger charge is 2.16. The lowest BCUT2D eigenvalue weighted by atomic mass is 10.3. The van der Waals surface area contributed by atoms with Crippen LogP contribution in [-0.4, -0.2) is 20.4 Å². The predicted octanol–water partition coefficient (Wildman–Crippen LogP) is 1.96. The van der Waals surface area contributed by atoms with Gasteiger partial charge >= 0.3 is 5.97 Å². The molecule has 19 heavy (non-hydrogen) atoms. The molecule has 1 aromatic heterocycles. The second kappa shape index (κ2) is 5.27. The third kappa shape index (κ3) is 3.02. The van der Waals surface area contributed by atoms with Crippen LogP contribution in [0.4, 0.5) is 8.78 Å². The first kappa shape index (κ1) is 13.3. The molecule has 0 saturated heterocycles. The van der Waals surface area contributed by atoms with Gasteiger partial charge in [0.25, 0.3) is 0 Å². The lowest BCUT2D eigenvalue weighted by Crippen LogP contribution is -1.99. The molecule has 2 rings (SSSR count). The number of carboxylic acid groups (broad SMARTS) is 1. The highest BCUT2D eigenvalue weighted by Crippen LogP contribution is 2.18. The first-order valence-corrected chi connectivity index (χ1v) is 6.31. The Labute approximate surface area is 108 Å². The largest absolute Gasteiger partial charge is 0.476 e. The van der Waals surface area contributed by atoms with Crippen LogP contribution in [0.15, 0.2) is 33.7 Å². The number of rotatable bonds is 4. The normalized spacial score (nSPS) is 12.3. The van der Waals surface area contributed by atoms with Gasteiger partial charge in [-0.1, -0.05) is 5.16 Å². The molecule has 8 heteroatoms. The molecule has 0 fully saturated rings. The van der Waals surface area contributed by atoms with E-state index in [0.717, 1.165) is 24.3 Å². The number of aromatic carboxylic acids is 1. The van der Waals surface area contributed by atoms with Crippen LogP contribution in [0.25, 0.3) is 0 Å². The predicted molar refractivity (Wildman–Crippen MR) is 59.9 cm³/mol. The molecule has 1 aromatic carbocycles. The van der Waals surface area contributed by atoms with Crippen LogP contribution < -0.4 is 0 Å². The summed E-state index contributed by atoms with van der Waals surface area (Å²) in [6, 6.07) is 3.68. The van der Waals surface area contributed by atoms with E-state index in [1.165, 1.54) is 0 Å². The summed E-state index contributed by atoms with van der Waals surface area (Å²) in [5.74, 6) is -3.09. The zero-order valence-corrected chi connectivity index (χ0v) is 10.1. The standard InChI is InChI=1S/C11H7F2NO4S/c12-6-1-2-8(13)10(3-6)19(17)5-7-4-9(11(15)16)14-18-7/h1-4H,5H2,(H,15,16). The highest BCUT2D eigenvalue weighted by atomic mass is 32.2. The molecule has 0 aliphatic rings. The fourth-order valence-corrected chi connectivity index (χ4v) is 2.42. The topological polar surface area (TPSA) is 80.4 Å². The van der Waals surface area contributed by atoms with Gasteiger partial charge in [-0.05, 0) is 18.2 Å². The fourth-order valence-electron chi connectivity index (χ4n) is 1.34. The van der Waals surface area contributed by atoms with Gasteiger partial charge < -0.3 is 9.63 Å². The average Bonchev–Trinajstić information content (AvgIpc) is 2.80. The summed E-state index contributed by atoms with van der Waals surface area (Å²) in [5, 5.41) is 11.8. The molecule has 0 radical (unpaired) electrons. The van der Waals surface area contributed by atoms with E-state index >= 15 is 0 Å². The molecule has 0 aliphatic heterocycles. The van der Waals surface area contributed by atoms with Gasteiger partial charge in [-0.3, -0.25) is 4.21 Å². The second-order valence-corrected chi connectivity index (χ2v) is 4.97. The van der Waals surface area contributed by atoms with Gasteiger partial charge in [-0.25, -0.2) is 13.6 Å². The lowest BCUT2D eigenvalue weighted by molar-refractivity contribution is 0.0685. The Morgan fingerprint density at radius 2 is 2.11 bits per heavy atom. The van der Waals surface area contributed by atoms with E-state index in [1.54, 1.807) is 0 Å². The smallest absolute Gasteiger partial charge is 0.358 e. The quantitative estimate of drug-likeness (QED) is 0.929. The fraction of sp³-hybridized carbons (Fsp3) is 0.0909. The van der Waals surface area contributed by atoms with Gasteiger partial charge in [0.1, 0.15) is 17.4 Å². The summed E-state index contributed by atoms with van der Waals surface area (Å²) < 4.78 is 42.8. The van der Waals surface area contributed by atoms with Crippen molar-refractivity contribution < 1.29 is 27.4 Å². The number of hydrogen-bond acceptors (Lipinski definition) is 4. The Balaban J connectivity index is 2.20. The number of hydrogen-bond donors (Lipinski definition) is 1. The van der Waals surface area contributed by atoms with Gasteiger partial charge in [0.05, 0.1) is 21.4 Å². The van der Waals surface area contributed by atoms with Crippen molar-refractivity contribution in [1.29, 1.82) is 0 Å². The summed E-state index contributed by atoms with van der Waals surface area (Å²) in [7, 11) is -1.90. The third-order valence-corrected chi connectivity index (χ3v) is 3.54. The molecule has 0 saturated carbocycles. The minimum Gasteiger partial charge on any atom is -0.476 e. The maximum absolute atomic E-state index is 13.4. The maximum Gasteiger partial charge on any atom is 0.358 e. The van der Waals surface area contributed by atoms with Crippen molar-refractivity contribution in [2.75, 3.05) is 0 Å². The maximum atomic E-state index is 13.4. The minimum atomic E-state index is -1.90. The van der Waals surface area contributed by atoms with Gasteiger partial charge in [0.15, 0.2) is 5.69 Å². The van der Waals surface area contributed by atoms with Crippen LogP contribution >= 0.6 is 0 Å². The SMILES string of the molecule is O=C(O)c1cc(CS(=O)c2cc(F)ccc2F)on1. The monoisotopic (exact) mass is 287 g/mol. The number of carbonyl (C=O) groups is 1. The summed E-state index contributed by atoms with van der Waals surface area (Å²) in [4.78, 5) is 10.2. The summed E-state index contributed by atoms with van der Waals surface area (Å²) >= 11 is 0. The molecule has 0 bridgehead atoms. The molecule has 0 spiro atoms. The Morgan fingerprint density at radius 3 is 2.74 bits per heavy atom. The summed E-state index contributed by atoms with van der Waals surface area (Å²) in [5.41, 5.74) is -0.341. The molecule has 2 aromatic rings. The first-order chi connectivity index (χ1) is 8.97. The Morgan fingerprint density at radius 1 is 1.37 bits per heavy atom. The number of aromatic nitrogens is 1. The van der Waals surface area contributed by atoms with Crippen molar-refractivity contribution in [3.63, 3.8) is 0 Å². The van der Waals surface area contributed by atoms with Crippen molar-refractivity contribution in [3.05, 3.63) is 47.4 Å². The van der Waals surface area contributed by atoms with Gasteiger partial charge in [-0.15, -0.1) is 0 Å². The Bertz CT molecular complexity index is 656. The van der Waals surface area contributed by atoms with Crippen molar-refractivity contribution in [1.82, 2.24) is 5.16 Å². The highest BCUT2D eigenvalue weighted by molar-refractivity contribution is 7.84. The van der Waals surface area contributed by atoms with Gasteiger partial charge in [-0.2, -0.15) is 0 Å². The molecule has 0 aliphatic carbocycles. The zero-order valence-electron chi connectivity index (χ0n) is 9.30. The molecule has 1 unspecified atom stereocenters. The average molecular weight is 287 g/mol. The van der Waals surface area contributed by atoms with E-state index in [-0.39, 0.29) is 22.1 Å². The van der Waals surface area contributed by atoms with Crippen molar-refractivity contribution >= 4 is 16.8 Å². The van der Waals surface area contributed by atoms with E-state index < -0.39 is 28.4 Å².